The fourth-order valence-electron chi connectivity index (χ4n) is 2.36. The Balaban J connectivity index is 1.82. The molecule has 1 saturated heterocycles. The van der Waals surface area contributed by atoms with E-state index >= 15 is 0 Å². The molecule has 17 heavy (non-hydrogen) atoms. The van der Waals surface area contributed by atoms with Crippen LogP contribution in [0.2, 0.25) is 0 Å². The summed E-state index contributed by atoms with van der Waals surface area (Å²) in [5, 5.41) is 0. The van der Waals surface area contributed by atoms with E-state index in [1.165, 1.54) is 29.9 Å². The zero-order valence-electron chi connectivity index (χ0n) is 9.94. The van der Waals surface area contributed by atoms with Gasteiger partial charge in [0.2, 0.25) is 0 Å². The van der Waals surface area contributed by atoms with E-state index < -0.39 is 0 Å². The summed E-state index contributed by atoms with van der Waals surface area (Å²) in [4.78, 5) is 4.18. The van der Waals surface area contributed by atoms with Crippen LogP contribution in [0.15, 0.2) is 22.9 Å². The molecule has 1 aromatic rings. The van der Waals surface area contributed by atoms with Crippen LogP contribution in [0, 0.1) is 5.92 Å². The van der Waals surface area contributed by atoms with Crippen LogP contribution < -0.4 is 5.73 Å². The number of hydrogen-bond acceptors (Lipinski definition) is 3. The first-order chi connectivity index (χ1) is 8.24. The Morgan fingerprint density at radius 1 is 1.41 bits per heavy atom. The average molecular weight is 315 g/mol. The van der Waals surface area contributed by atoms with Gasteiger partial charge in [-0.25, -0.2) is 0 Å². The van der Waals surface area contributed by atoms with E-state index in [2.05, 4.69) is 38.7 Å². The van der Waals surface area contributed by atoms with Crippen molar-refractivity contribution >= 4 is 27.7 Å². The van der Waals surface area contributed by atoms with Crippen LogP contribution in [0.5, 0.6) is 0 Å². The zero-order valence-corrected chi connectivity index (χ0v) is 12.3. The number of nitrogens with two attached hydrogens (primary N) is 1. The van der Waals surface area contributed by atoms with Crippen molar-refractivity contribution in [2.45, 2.75) is 31.7 Å². The Bertz CT molecular complexity index is 353. The Hall–Kier alpha value is -0.0600. The van der Waals surface area contributed by atoms with E-state index in [0.717, 1.165) is 23.2 Å². The number of nitrogens with zero attached hydrogens (tertiary/aromatic N) is 1. The molecule has 0 bridgehead atoms. The van der Waals surface area contributed by atoms with Crippen molar-refractivity contribution in [2.24, 2.45) is 11.7 Å². The van der Waals surface area contributed by atoms with Crippen molar-refractivity contribution in [1.29, 1.82) is 0 Å². The molecule has 2 heterocycles. The molecule has 2 rings (SSSR count). The van der Waals surface area contributed by atoms with Crippen LogP contribution in [0.1, 0.15) is 24.8 Å². The summed E-state index contributed by atoms with van der Waals surface area (Å²) in [6, 6.07) is 2.39. The van der Waals surface area contributed by atoms with Gasteiger partial charge in [-0.3, -0.25) is 4.98 Å². The van der Waals surface area contributed by atoms with Gasteiger partial charge in [-0.15, -0.1) is 0 Å². The highest BCUT2D eigenvalue weighted by atomic mass is 79.9. The normalized spacial score (nSPS) is 19.2. The molecule has 1 unspecified atom stereocenters. The smallest absolute Gasteiger partial charge is 0.0410 e. The highest BCUT2D eigenvalue weighted by molar-refractivity contribution is 9.10. The van der Waals surface area contributed by atoms with Crippen molar-refractivity contribution < 1.29 is 0 Å². The third kappa shape index (κ3) is 4.60. The molecule has 1 aliphatic heterocycles. The van der Waals surface area contributed by atoms with Crippen molar-refractivity contribution in [3.05, 3.63) is 28.5 Å². The molecule has 1 aliphatic rings. The van der Waals surface area contributed by atoms with Gasteiger partial charge in [0.05, 0.1) is 0 Å². The van der Waals surface area contributed by atoms with E-state index in [9.17, 15) is 0 Å². The third-order valence-corrected chi connectivity index (χ3v) is 4.72. The Kier molecular flexibility index (Phi) is 5.32. The highest BCUT2D eigenvalue weighted by Gasteiger charge is 2.17. The third-order valence-electron chi connectivity index (χ3n) is 3.24. The van der Waals surface area contributed by atoms with Gasteiger partial charge in [0.25, 0.3) is 0 Å². The first-order valence-corrected chi connectivity index (χ1v) is 8.11. The van der Waals surface area contributed by atoms with Gasteiger partial charge < -0.3 is 5.73 Å². The maximum Gasteiger partial charge on any atom is 0.0410 e. The largest absolute Gasteiger partial charge is 0.327 e. The van der Waals surface area contributed by atoms with E-state index in [4.69, 9.17) is 5.73 Å². The minimum Gasteiger partial charge on any atom is -0.327 e. The number of aromatic nitrogens is 1. The van der Waals surface area contributed by atoms with Gasteiger partial charge in [0.1, 0.15) is 0 Å². The summed E-state index contributed by atoms with van der Waals surface area (Å²) in [7, 11) is 0. The molecule has 0 saturated carbocycles. The summed E-state index contributed by atoms with van der Waals surface area (Å²) in [5.41, 5.74) is 7.47. The van der Waals surface area contributed by atoms with Crippen LogP contribution in [0.3, 0.4) is 0 Å². The number of pyridine rings is 1. The van der Waals surface area contributed by atoms with E-state index in [-0.39, 0.29) is 6.04 Å². The van der Waals surface area contributed by atoms with Crippen LogP contribution in [0.25, 0.3) is 0 Å². The van der Waals surface area contributed by atoms with Crippen LogP contribution in [-0.4, -0.2) is 22.5 Å². The first kappa shape index (κ1) is 13.4. The van der Waals surface area contributed by atoms with Crippen molar-refractivity contribution in [3.8, 4) is 0 Å². The lowest BCUT2D eigenvalue weighted by atomic mass is 9.92. The number of thioether (sulfide) groups is 1. The minimum atomic E-state index is 0.277. The summed E-state index contributed by atoms with van der Waals surface area (Å²) < 4.78 is 1.04. The Morgan fingerprint density at radius 3 is 2.88 bits per heavy atom. The van der Waals surface area contributed by atoms with Gasteiger partial charge >= 0.3 is 0 Å². The predicted octanol–water partition coefficient (Wildman–Crippen LogP) is 3.25. The molecule has 0 aromatic carbocycles. The molecule has 1 atom stereocenters. The second-order valence-electron chi connectivity index (χ2n) is 4.77. The maximum atomic E-state index is 6.24. The van der Waals surface area contributed by atoms with Crippen molar-refractivity contribution in [1.82, 2.24) is 4.98 Å². The monoisotopic (exact) mass is 314 g/mol. The Morgan fingerprint density at radius 2 is 2.18 bits per heavy atom. The van der Waals surface area contributed by atoms with Gasteiger partial charge in [-0.05, 0) is 70.7 Å². The van der Waals surface area contributed by atoms with Crippen LogP contribution in [-0.2, 0) is 6.42 Å². The Labute approximate surface area is 116 Å². The quantitative estimate of drug-likeness (QED) is 0.927. The van der Waals surface area contributed by atoms with E-state index in [0.29, 0.717) is 0 Å². The van der Waals surface area contributed by atoms with Crippen LogP contribution in [0.4, 0.5) is 0 Å². The number of rotatable bonds is 4. The molecular weight excluding hydrogens is 296 g/mol. The van der Waals surface area contributed by atoms with Gasteiger partial charge in [-0.2, -0.15) is 11.8 Å². The lowest BCUT2D eigenvalue weighted by molar-refractivity contribution is 0.406. The van der Waals surface area contributed by atoms with Crippen molar-refractivity contribution in [2.75, 3.05) is 11.5 Å². The summed E-state index contributed by atoms with van der Waals surface area (Å²) in [6.07, 6.45) is 8.52. The molecule has 0 spiro atoms. The minimum absolute atomic E-state index is 0.277. The fourth-order valence-corrected chi connectivity index (χ4v) is 3.98. The SMILES string of the molecule is NC(Cc1cncc(Br)c1)CC1CCSCC1. The maximum absolute atomic E-state index is 6.24. The predicted molar refractivity (Wildman–Crippen MR) is 78.3 cm³/mol. The van der Waals surface area contributed by atoms with Crippen LogP contribution >= 0.6 is 27.7 Å². The molecule has 94 valence electrons. The summed E-state index contributed by atoms with van der Waals surface area (Å²) >= 11 is 5.52. The summed E-state index contributed by atoms with van der Waals surface area (Å²) in [5.74, 6) is 3.47. The molecule has 4 heteroatoms. The standard InChI is InChI=1S/C13H19BrN2S/c14-12-5-11(8-16-9-12)7-13(15)6-10-1-3-17-4-2-10/h5,8-10,13H,1-4,6-7,15H2. The summed E-state index contributed by atoms with van der Waals surface area (Å²) in [6.45, 7) is 0. The van der Waals surface area contributed by atoms with E-state index in [1.807, 2.05) is 12.4 Å². The highest BCUT2D eigenvalue weighted by Crippen LogP contribution is 2.26. The molecule has 0 aliphatic carbocycles. The topological polar surface area (TPSA) is 38.9 Å². The zero-order chi connectivity index (χ0) is 12.1. The van der Waals surface area contributed by atoms with Gasteiger partial charge in [-0.1, -0.05) is 0 Å². The first-order valence-electron chi connectivity index (χ1n) is 6.17. The second kappa shape index (κ2) is 6.76. The second-order valence-corrected chi connectivity index (χ2v) is 6.91. The number of halogens is 1. The lowest BCUT2D eigenvalue weighted by Crippen LogP contribution is -2.27. The molecule has 1 aromatic heterocycles. The van der Waals surface area contributed by atoms with Gasteiger partial charge in [0, 0.05) is 22.9 Å². The fraction of sp³-hybridized carbons (Fsp3) is 0.615. The lowest BCUT2D eigenvalue weighted by Gasteiger charge is -2.24. The molecule has 0 radical (unpaired) electrons. The molecule has 2 nitrogen and oxygen atoms in total. The molecular formula is C13H19BrN2S. The molecule has 2 N–H and O–H groups in total. The van der Waals surface area contributed by atoms with Gasteiger partial charge in [0.15, 0.2) is 0 Å². The number of hydrogen-bond donors (Lipinski definition) is 1. The molecule has 1 fully saturated rings. The molecule has 0 amide bonds. The van der Waals surface area contributed by atoms with E-state index in [1.54, 1.807) is 0 Å². The average Bonchev–Trinajstić information content (AvgIpc) is 2.30. The van der Waals surface area contributed by atoms with Crippen molar-refractivity contribution in [3.63, 3.8) is 0 Å².